The molecule has 0 aliphatic carbocycles. The molecule has 6 heteroatoms. The van der Waals surface area contributed by atoms with E-state index in [1.807, 2.05) is 55.5 Å². The normalized spacial score (nSPS) is 19.2. The van der Waals surface area contributed by atoms with Crippen molar-refractivity contribution in [2.45, 2.75) is 18.9 Å². The van der Waals surface area contributed by atoms with E-state index >= 15 is 0 Å². The monoisotopic (exact) mass is 352 g/mol. The predicted octanol–water partition coefficient (Wildman–Crippen LogP) is 2.07. The fourth-order valence-corrected chi connectivity index (χ4v) is 3.25. The molecule has 26 heavy (non-hydrogen) atoms. The van der Waals surface area contributed by atoms with E-state index in [2.05, 4.69) is 10.6 Å². The highest BCUT2D eigenvalue weighted by Crippen LogP contribution is 2.26. The molecular weight excluding hydrogens is 328 g/mol. The number of aryl methyl sites for hydroxylation is 1. The summed E-state index contributed by atoms with van der Waals surface area (Å²) in [5, 5.41) is 5.34. The molecule has 1 aliphatic rings. The maximum Gasteiger partial charge on any atom is 0.319 e. The number of carbonyl (C=O) groups excluding carboxylic acids is 2. The summed E-state index contributed by atoms with van der Waals surface area (Å²) in [6.45, 7) is 2.98. The van der Waals surface area contributed by atoms with Crippen molar-refractivity contribution >= 4 is 17.6 Å². The topological polar surface area (TPSA) is 87.5 Å². The van der Waals surface area contributed by atoms with Gasteiger partial charge in [-0.25, -0.2) is 4.79 Å². The van der Waals surface area contributed by atoms with Gasteiger partial charge in [-0.3, -0.25) is 4.79 Å². The number of anilines is 1. The van der Waals surface area contributed by atoms with Gasteiger partial charge in [0.25, 0.3) is 0 Å². The third kappa shape index (κ3) is 4.40. The Morgan fingerprint density at radius 1 is 1.12 bits per heavy atom. The zero-order chi connectivity index (χ0) is 18.5. The summed E-state index contributed by atoms with van der Waals surface area (Å²) in [4.78, 5) is 26.1. The lowest BCUT2D eigenvalue weighted by Gasteiger charge is -2.17. The zero-order valence-corrected chi connectivity index (χ0v) is 14.8. The highest BCUT2D eigenvalue weighted by atomic mass is 16.2. The predicted molar refractivity (Wildman–Crippen MR) is 102 cm³/mol. The third-order valence-electron chi connectivity index (χ3n) is 4.62. The fourth-order valence-electron chi connectivity index (χ4n) is 3.25. The van der Waals surface area contributed by atoms with E-state index in [4.69, 9.17) is 5.73 Å². The highest BCUT2D eigenvalue weighted by molar-refractivity contribution is 5.92. The number of likely N-dealkylation sites (tertiary alicyclic amines) is 1. The maximum atomic E-state index is 12.4. The van der Waals surface area contributed by atoms with Crippen molar-refractivity contribution in [2.24, 2.45) is 5.73 Å². The van der Waals surface area contributed by atoms with E-state index in [1.54, 1.807) is 11.0 Å². The number of carbonyl (C=O) groups is 2. The van der Waals surface area contributed by atoms with E-state index in [1.165, 1.54) is 0 Å². The zero-order valence-electron chi connectivity index (χ0n) is 14.8. The standard InChI is InChI=1S/C20H24N4O2/c1-14-6-5-9-16(10-14)23-20(26)22-11-19(25)24-12-17(18(21)13-24)15-7-3-2-4-8-15/h2-10,17-18H,11-13,21H2,1H3,(H2,22,23,26)/t17-,18+/m0/s1. The van der Waals surface area contributed by atoms with Crippen LogP contribution in [0, 0.1) is 6.92 Å². The Bertz CT molecular complexity index is 778. The van der Waals surface area contributed by atoms with Gasteiger partial charge in [0.15, 0.2) is 0 Å². The van der Waals surface area contributed by atoms with Crippen LogP contribution in [-0.2, 0) is 4.79 Å². The molecule has 0 bridgehead atoms. The van der Waals surface area contributed by atoms with Gasteiger partial charge in [-0.05, 0) is 30.2 Å². The first-order valence-electron chi connectivity index (χ1n) is 8.73. The second-order valence-electron chi connectivity index (χ2n) is 6.66. The molecule has 0 spiro atoms. The third-order valence-corrected chi connectivity index (χ3v) is 4.62. The number of nitrogens with two attached hydrogens (primary N) is 1. The second kappa shape index (κ2) is 8.01. The molecule has 1 heterocycles. The first-order valence-corrected chi connectivity index (χ1v) is 8.73. The summed E-state index contributed by atoms with van der Waals surface area (Å²) in [7, 11) is 0. The van der Waals surface area contributed by atoms with Gasteiger partial charge in [-0.2, -0.15) is 0 Å². The van der Waals surface area contributed by atoms with Crippen LogP contribution in [0.5, 0.6) is 0 Å². The van der Waals surface area contributed by atoms with Gasteiger partial charge in [-0.1, -0.05) is 42.5 Å². The molecule has 0 saturated carbocycles. The van der Waals surface area contributed by atoms with Crippen molar-refractivity contribution < 1.29 is 9.59 Å². The molecule has 0 unspecified atom stereocenters. The van der Waals surface area contributed by atoms with Crippen LogP contribution in [0.4, 0.5) is 10.5 Å². The van der Waals surface area contributed by atoms with Crippen LogP contribution in [-0.4, -0.2) is 42.5 Å². The summed E-state index contributed by atoms with van der Waals surface area (Å²) in [5.74, 6) is -0.000422. The van der Waals surface area contributed by atoms with Crippen LogP contribution in [0.2, 0.25) is 0 Å². The number of hydrogen-bond donors (Lipinski definition) is 3. The Morgan fingerprint density at radius 2 is 1.88 bits per heavy atom. The minimum Gasteiger partial charge on any atom is -0.339 e. The van der Waals surface area contributed by atoms with Crippen LogP contribution < -0.4 is 16.4 Å². The number of nitrogens with one attached hydrogen (secondary N) is 2. The van der Waals surface area contributed by atoms with Crippen molar-refractivity contribution in [3.8, 4) is 0 Å². The number of nitrogens with zero attached hydrogens (tertiary/aromatic N) is 1. The highest BCUT2D eigenvalue weighted by Gasteiger charge is 2.33. The van der Waals surface area contributed by atoms with Gasteiger partial charge in [-0.15, -0.1) is 0 Å². The van der Waals surface area contributed by atoms with Crippen LogP contribution in [0.1, 0.15) is 17.0 Å². The van der Waals surface area contributed by atoms with Gasteiger partial charge in [0.1, 0.15) is 0 Å². The van der Waals surface area contributed by atoms with Gasteiger partial charge in [0.2, 0.25) is 5.91 Å². The molecule has 1 fully saturated rings. The number of urea groups is 1. The molecule has 2 atom stereocenters. The SMILES string of the molecule is Cc1cccc(NC(=O)NCC(=O)N2C[C@@H](N)[C@H](c3ccccc3)C2)c1. The van der Waals surface area contributed by atoms with Crippen LogP contribution in [0.25, 0.3) is 0 Å². The average Bonchev–Trinajstić information content (AvgIpc) is 3.02. The van der Waals surface area contributed by atoms with Crippen LogP contribution in [0.3, 0.4) is 0 Å². The number of hydrogen-bond acceptors (Lipinski definition) is 3. The van der Waals surface area contributed by atoms with Crippen LogP contribution >= 0.6 is 0 Å². The summed E-state index contributed by atoms with van der Waals surface area (Å²) in [5.41, 5.74) is 9.11. The molecule has 3 amide bonds. The Morgan fingerprint density at radius 3 is 2.62 bits per heavy atom. The molecule has 136 valence electrons. The second-order valence-corrected chi connectivity index (χ2v) is 6.66. The van der Waals surface area contributed by atoms with E-state index < -0.39 is 6.03 Å². The molecular formula is C20H24N4O2. The maximum absolute atomic E-state index is 12.4. The van der Waals surface area contributed by atoms with E-state index in [-0.39, 0.29) is 24.4 Å². The van der Waals surface area contributed by atoms with E-state index in [0.29, 0.717) is 18.8 Å². The van der Waals surface area contributed by atoms with Gasteiger partial charge in [0.05, 0.1) is 6.54 Å². The summed E-state index contributed by atoms with van der Waals surface area (Å²) in [6.07, 6.45) is 0. The Hall–Kier alpha value is -2.86. The Balaban J connectivity index is 1.50. The number of amides is 3. The molecule has 4 N–H and O–H groups in total. The fraction of sp³-hybridized carbons (Fsp3) is 0.300. The minimum absolute atomic E-state index is 0.0497. The lowest BCUT2D eigenvalue weighted by Crippen LogP contribution is -2.41. The average molecular weight is 352 g/mol. The van der Waals surface area contributed by atoms with Gasteiger partial charge in [0, 0.05) is 30.7 Å². The molecule has 6 nitrogen and oxygen atoms in total. The molecule has 1 saturated heterocycles. The molecule has 1 aliphatic heterocycles. The first-order chi connectivity index (χ1) is 12.5. The smallest absolute Gasteiger partial charge is 0.319 e. The van der Waals surface area contributed by atoms with Crippen molar-refractivity contribution in [1.82, 2.24) is 10.2 Å². The molecule has 0 radical (unpaired) electrons. The molecule has 2 aromatic carbocycles. The number of rotatable bonds is 4. The van der Waals surface area contributed by atoms with Gasteiger partial charge >= 0.3 is 6.03 Å². The lowest BCUT2D eigenvalue weighted by molar-refractivity contribution is -0.129. The summed E-state index contributed by atoms with van der Waals surface area (Å²) >= 11 is 0. The molecule has 0 aromatic heterocycles. The molecule has 3 rings (SSSR count). The quantitative estimate of drug-likeness (QED) is 0.787. The van der Waals surface area contributed by atoms with E-state index in [9.17, 15) is 9.59 Å². The number of benzene rings is 2. The Labute approximate surface area is 153 Å². The summed E-state index contributed by atoms with van der Waals surface area (Å²) < 4.78 is 0. The van der Waals surface area contributed by atoms with Crippen molar-refractivity contribution in [1.29, 1.82) is 0 Å². The van der Waals surface area contributed by atoms with Gasteiger partial charge < -0.3 is 21.3 Å². The van der Waals surface area contributed by atoms with Crippen molar-refractivity contribution in [3.05, 3.63) is 65.7 Å². The lowest BCUT2D eigenvalue weighted by atomic mass is 9.95. The van der Waals surface area contributed by atoms with Crippen LogP contribution in [0.15, 0.2) is 54.6 Å². The van der Waals surface area contributed by atoms with E-state index in [0.717, 1.165) is 11.1 Å². The van der Waals surface area contributed by atoms with Crippen molar-refractivity contribution in [2.75, 3.05) is 25.0 Å². The Kier molecular flexibility index (Phi) is 5.53. The largest absolute Gasteiger partial charge is 0.339 e. The first kappa shape index (κ1) is 17.9. The molecule has 2 aromatic rings. The minimum atomic E-state index is -0.396. The van der Waals surface area contributed by atoms with Crippen molar-refractivity contribution in [3.63, 3.8) is 0 Å². The summed E-state index contributed by atoms with van der Waals surface area (Å²) in [6, 6.07) is 17.0.